The van der Waals surface area contributed by atoms with Crippen molar-refractivity contribution in [3.05, 3.63) is 47.0 Å². The van der Waals surface area contributed by atoms with Gasteiger partial charge in [-0.3, -0.25) is 9.59 Å². The fourth-order valence-electron chi connectivity index (χ4n) is 2.65. The number of hydrogen-bond acceptors (Lipinski definition) is 6. The van der Waals surface area contributed by atoms with Gasteiger partial charge in [-0.05, 0) is 31.5 Å². The van der Waals surface area contributed by atoms with Gasteiger partial charge in [-0.1, -0.05) is 25.1 Å². The summed E-state index contributed by atoms with van der Waals surface area (Å²) in [6.07, 6.45) is 0.813. The molecule has 0 fully saturated rings. The van der Waals surface area contributed by atoms with E-state index >= 15 is 0 Å². The first-order valence-corrected chi connectivity index (χ1v) is 10.1. The van der Waals surface area contributed by atoms with Gasteiger partial charge in [0.15, 0.2) is 6.61 Å². The fourth-order valence-corrected chi connectivity index (χ4v) is 3.73. The number of amides is 2. The van der Waals surface area contributed by atoms with E-state index in [2.05, 4.69) is 15.7 Å². The van der Waals surface area contributed by atoms with Crippen LogP contribution in [0.3, 0.4) is 0 Å². The summed E-state index contributed by atoms with van der Waals surface area (Å²) in [5.41, 5.74) is 1.70. The van der Waals surface area contributed by atoms with E-state index in [0.29, 0.717) is 11.4 Å². The Bertz CT molecular complexity index is 1030. The molecule has 2 N–H and O–H groups in total. The van der Waals surface area contributed by atoms with E-state index in [1.807, 2.05) is 44.2 Å². The maximum atomic E-state index is 12.4. The van der Waals surface area contributed by atoms with E-state index in [1.54, 1.807) is 10.7 Å². The summed E-state index contributed by atoms with van der Waals surface area (Å²) in [6.45, 7) is 3.77. The Kier molecular flexibility index (Phi) is 6.61. The number of rotatable bonds is 8. The lowest BCUT2D eigenvalue weighted by atomic mass is 10.3. The summed E-state index contributed by atoms with van der Waals surface area (Å²) >= 11 is 1.26. The Morgan fingerprint density at radius 1 is 1.14 bits per heavy atom. The van der Waals surface area contributed by atoms with Crippen molar-refractivity contribution in [3.63, 3.8) is 0 Å². The minimum atomic E-state index is -0.587. The molecule has 2 amide bonds. The Labute approximate surface area is 171 Å². The molecule has 1 aromatic carbocycles. The largest absolute Gasteiger partial charge is 0.451 e. The highest BCUT2D eigenvalue weighted by atomic mass is 32.1. The predicted octanol–water partition coefficient (Wildman–Crippen LogP) is 2.19. The second-order valence-corrected chi connectivity index (χ2v) is 7.40. The highest BCUT2D eigenvalue weighted by molar-refractivity contribution is 7.20. The average Bonchev–Trinajstić information content (AvgIpc) is 3.30. The van der Waals surface area contributed by atoms with E-state index in [4.69, 9.17) is 4.74 Å². The molecule has 0 radical (unpaired) electrons. The summed E-state index contributed by atoms with van der Waals surface area (Å²) in [5, 5.41) is 10.5. The number of hydrogen-bond donors (Lipinski definition) is 2. The van der Waals surface area contributed by atoms with Crippen molar-refractivity contribution in [3.8, 4) is 5.69 Å². The highest BCUT2D eigenvalue weighted by Gasteiger charge is 2.19. The number of ether oxygens (including phenoxy) is 1. The number of aryl methyl sites for hydroxylation is 1. The zero-order chi connectivity index (χ0) is 20.8. The quantitative estimate of drug-likeness (QED) is 0.550. The summed E-state index contributed by atoms with van der Waals surface area (Å²) in [5.74, 6) is -1.40. The van der Waals surface area contributed by atoms with E-state index in [-0.39, 0.29) is 12.5 Å². The molecule has 0 bridgehead atoms. The van der Waals surface area contributed by atoms with Gasteiger partial charge in [0.25, 0.3) is 5.91 Å². The zero-order valence-electron chi connectivity index (χ0n) is 16.2. The van der Waals surface area contributed by atoms with Gasteiger partial charge in [0, 0.05) is 11.9 Å². The van der Waals surface area contributed by atoms with Crippen LogP contribution in [-0.4, -0.2) is 47.3 Å². The van der Waals surface area contributed by atoms with Gasteiger partial charge < -0.3 is 15.4 Å². The molecule has 3 rings (SSSR count). The molecule has 2 heterocycles. The molecule has 0 saturated heterocycles. The number of esters is 1. The second kappa shape index (κ2) is 9.33. The molecule has 2 aromatic heterocycles. The molecule has 29 heavy (non-hydrogen) atoms. The first-order chi connectivity index (χ1) is 14.0. The van der Waals surface area contributed by atoms with Gasteiger partial charge in [-0.2, -0.15) is 5.10 Å². The third-order valence-corrected chi connectivity index (χ3v) is 5.19. The van der Waals surface area contributed by atoms with Gasteiger partial charge in [-0.15, -0.1) is 11.3 Å². The van der Waals surface area contributed by atoms with Crippen LogP contribution in [0.1, 0.15) is 28.7 Å². The van der Waals surface area contributed by atoms with E-state index in [0.717, 1.165) is 28.0 Å². The number of nitrogens with one attached hydrogen (secondary N) is 2. The Morgan fingerprint density at radius 3 is 2.62 bits per heavy atom. The number of fused-ring (bicyclic) bond motifs is 1. The van der Waals surface area contributed by atoms with Crippen LogP contribution in [-0.2, 0) is 14.3 Å². The summed E-state index contributed by atoms with van der Waals surface area (Å²) < 4.78 is 6.87. The number of benzene rings is 1. The lowest BCUT2D eigenvalue weighted by molar-refractivity contribution is -0.127. The van der Waals surface area contributed by atoms with Gasteiger partial charge >= 0.3 is 5.97 Å². The van der Waals surface area contributed by atoms with Crippen molar-refractivity contribution < 1.29 is 19.1 Å². The third kappa shape index (κ3) is 5.00. The van der Waals surface area contributed by atoms with Crippen molar-refractivity contribution >= 4 is 39.3 Å². The summed E-state index contributed by atoms with van der Waals surface area (Å²) in [7, 11) is 0. The number of nitrogens with zero attached hydrogens (tertiary/aromatic N) is 2. The normalized spacial score (nSPS) is 10.7. The van der Waals surface area contributed by atoms with E-state index in [9.17, 15) is 14.4 Å². The molecular weight excluding hydrogens is 392 g/mol. The smallest absolute Gasteiger partial charge is 0.348 e. The first kappa shape index (κ1) is 20.5. The van der Waals surface area contributed by atoms with Crippen molar-refractivity contribution in [2.24, 2.45) is 0 Å². The van der Waals surface area contributed by atoms with Crippen molar-refractivity contribution in [1.29, 1.82) is 0 Å². The molecule has 0 saturated carbocycles. The Balaban J connectivity index is 1.61. The van der Waals surface area contributed by atoms with Crippen molar-refractivity contribution in [2.45, 2.75) is 20.3 Å². The maximum Gasteiger partial charge on any atom is 0.348 e. The van der Waals surface area contributed by atoms with Gasteiger partial charge in [0.2, 0.25) is 5.91 Å². The maximum absolute atomic E-state index is 12.4. The number of para-hydroxylation sites is 1. The van der Waals surface area contributed by atoms with Crippen molar-refractivity contribution in [1.82, 2.24) is 20.4 Å². The van der Waals surface area contributed by atoms with Crippen molar-refractivity contribution in [2.75, 3.05) is 19.7 Å². The second-order valence-electron chi connectivity index (χ2n) is 6.37. The van der Waals surface area contributed by atoms with Crippen LogP contribution >= 0.6 is 11.3 Å². The predicted molar refractivity (Wildman–Crippen MR) is 110 cm³/mol. The van der Waals surface area contributed by atoms with Crippen LogP contribution in [0.25, 0.3) is 15.9 Å². The topological polar surface area (TPSA) is 102 Å². The first-order valence-electron chi connectivity index (χ1n) is 9.24. The fraction of sp³-hybridized carbons (Fsp3) is 0.300. The molecular formula is C20H22N4O4S. The lowest BCUT2D eigenvalue weighted by Crippen LogP contribution is -2.38. The highest BCUT2D eigenvalue weighted by Crippen LogP contribution is 2.30. The van der Waals surface area contributed by atoms with E-state index < -0.39 is 18.5 Å². The molecule has 0 atom stereocenters. The summed E-state index contributed by atoms with van der Waals surface area (Å²) in [4.78, 5) is 36.8. The van der Waals surface area contributed by atoms with Crippen LogP contribution in [0, 0.1) is 6.92 Å². The van der Waals surface area contributed by atoms with Crippen LogP contribution < -0.4 is 10.6 Å². The molecule has 0 unspecified atom stereocenters. The number of carbonyl (C=O) groups excluding carboxylic acids is 3. The zero-order valence-corrected chi connectivity index (χ0v) is 17.0. The van der Waals surface area contributed by atoms with E-state index in [1.165, 1.54) is 11.3 Å². The summed E-state index contributed by atoms with van der Waals surface area (Å²) in [6, 6.07) is 11.4. The standard InChI is InChI=1S/C20H22N4O4S/c1-3-9-21-17(25)11-22-18(26)12-28-20(27)16-10-15-13(2)23-24(19(15)29-16)14-7-5-4-6-8-14/h4-8,10H,3,9,11-12H2,1-2H3,(H,21,25)(H,22,26). The molecule has 3 aromatic rings. The SMILES string of the molecule is CCCNC(=O)CNC(=O)COC(=O)c1cc2c(C)nn(-c3ccccc3)c2s1. The molecule has 8 nitrogen and oxygen atoms in total. The third-order valence-electron chi connectivity index (χ3n) is 4.10. The van der Waals surface area contributed by atoms with Crippen LogP contribution in [0.4, 0.5) is 0 Å². The average molecular weight is 414 g/mol. The minimum Gasteiger partial charge on any atom is -0.451 e. The Morgan fingerprint density at radius 2 is 1.90 bits per heavy atom. The number of carbonyl (C=O) groups is 3. The number of thiophene rings is 1. The molecule has 9 heteroatoms. The van der Waals surface area contributed by atoms with Gasteiger partial charge in [-0.25, -0.2) is 9.48 Å². The Hall–Kier alpha value is -3.20. The number of aromatic nitrogens is 2. The molecule has 0 aliphatic rings. The molecule has 0 aliphatic heterocycles. The van der Waals surface area contributed by atoms with Crippen LogP contribution in [0.15, 0.2) is 36.4 Å². The molecule has 0 aliphatic carbocycles. The minimum absolute atomic E-state index is 0.147. The van der Waals surface area contributed by atoms with Gasteiger partial charge in [0.1, 0.15) is 9.71 Å². The molecule has 152 valence electrons. The lowest BCUT2D eigenvalue weighted by Gasteiger charge is -2.06. The van der Waals surface area contributed by atoms with Crippen LogP contribution in [0.5, 0.6) is 0 Å². The monoisotopic (exact) mass is 414 g/mol. The van der Waals surface area contributed by atoms with Crippen LogP contribution in [0.2, 0.25) is 0 Å². The molecule has 0 spiro atoms. The van der Waals surface area contributed by atoms with Gasteiger partial charge in [0.05, 0.1) is 17.9 Å².